The van der Waals surface area contributed by atoms with E-state index in [4.69, 9.17) is 4.74 Å². The fourth-order valence-corrected chi connectivity index (χ4v) is 1.17. The minimum Gasteiger partial charge on any atom is -0.469 e. The maximum absolute atomic E-state index is 11.4. The van der Waals surface area contributed by atoms with Crippen LogP contribution in [0.4, 0.5) is 0 Å². The fraction of sp³-hybridized carbons (Fsp3) is 0.900. The minimum absolute atomic E-state index is 0.00468. The molecule has 0 heterocycles. The van der Waals surface area contributed by atoms with Crippen LogP contribution in [0, 0.1) is 11.8 Å². The van der Waals surface area contributed by atoms with Crippen LogP contribution in [-0.4, -0.2) is 38.1 Å². The number of hydrogen-bond donors (Lipinski definition) is 0. The molecule has 0 aliphatic rings. The average molecular weight is 187 g/mol. The van der Waals surface area contributed by atoms with Crippen LogP contribution in [0.25, 0.3) is 0 Å². The first-order chi connectivity index (χ1) is 6.02. The van der Waals surface area contributed by atoms with Gasteiger partial charge in [0, 0.05) is 6.54 Å². The van der Waals surface area contributed by atoms with Gasteiger partial charge in [-0.3, -0.25) is 4.79 Å². The molecule has 0 aromatic heterocycles. The van der Waals surface area contributed by atoms with Crippen LogP contribution in [0.15, 0.2) is 0 Å². The van der Waals surface area contributed by atoms with Crippen molar-refractivity contribution in [2.45, 2.75) is 20.8 Å². The summed E-state index contributed by atoms with van der Waals surface area (Å²) in [6.45, 7) is 7.91. The number of hydrogen-bond acceptors (Lipinski definition) is 3. The zero-order valence-corrected chi connectivity index (χ0v) is 9.33. The van der Waals surface area contributed by atoms with E-state index in [1.54, 1.807) is 0 Å². The van der Waals surface area contributed by atoms with E-state index in [9.17, 15) is 4.79 Å². The molecule has 0 spiro atoms. The van der Waals surface area contributed by atoms with Crippen molar-refractivity contribution in [3.63, 3.8) is 0 Å². The van der Waals surface area contributed by atoms with Gasteiger partial charge in [0.25, 0.3) is 0 Å². The third-order valence-corrected chi connectivity index (χ3v) is 2.36. The average Bonchev–Trinajstić information content (AvgIpc) is 2.11. The van der Waals surface area contributed by atoms with Crippen LogP contribution in [0.2, 0.25) is 0 Å². The molecule has 3 heteroatoms. The molecule has 0 fully saturated rings. The quantitative estimate of drug-likeness (QED) is 0.609. The number of methoxy groups -OCH3 is 1. The van der Waals surface area contributed by atoms with Gasteiger partial charge in [0.15, 0.2) is 0 Å². The first-order valence-corrected chi connectivity index (χ1v) is 4.79. The standard InChI is InChI=1S/C10H21NO2/c1-6-11(4)7-9(8(2)3)10(12)13-5/h8-9H,6-7H2,1-5H3. The summed E-state index contributed by atoms with van der Waals surface area (Å²) in [6.07, 6.45) is 0. The number of rotatable bonds is 5. The van der Waals surface area contributed by atoms with Crippen molar-refractivity contribution >= 4 is 5.97 Å². The summed E-state index contributed by atoms with van der Waals surface area (Å²) < 4.78 is 4.75. The van der Waals surface area contributed by atoms with Gasteiger partial charge in [-0.05, 0) is 19.5 Å². The van der Waals surface area contributed by atoms with Gasteiger partial charge >= 0.3 is 5.97 Å². The first-order valence-electron chi connectivity index (χ1n) is 4.79. The van der Waals surface area contributed by atoms with Gasteiger partial charge in [0.1, 0.15) is 0 Å². The Bertz CT molecular complexity index is 157. The molecule has 1 atom stereocenters. The summed E-state index contributed by atoms with van der Waals surface area (Å²) in [5.41, 5.74) is 0. The Hall–Kier alpha value is -0.570. The summed E-state index contributed by atoms with van der Waals surface area (Å²) in [7, 11) is 3.46. The number of nitrogens with zero attached hydrogens (tertiary/aromatic N) is 1. The molecule has 1 unspecified atom stereocenters. The predicted octanol–water partition coefficient (Wildman–Crippen LogP) is 1.38. The highest BCUT2D eigenvalue weighted by molar-refractivity contribution is 5.72. The summed E-state index contributed by atoms with van der Waals surface area (Å²) in [4.78, 5) is 13.5. The molecule has 0 aliphatic carbocycles. The Morgan fingerprint density at radius 2 is 2.00 bits per heavy atom. The highest BCUT2D eigenvalue weighted by atomic mass is 16.5. The Labute approximate surface area is 81.1 Å². The Balaban J connectivity index is 4.18. The molecule has 0 saturated carbocycles. The molecule has 0 bridgehead atoms. The summed E-state index contributed by atoms with van der Waals surface area (Å²) in [6, 6.07) is 0. The Morgan fingerprint density at radius 3 is 2.31 bits per heavy atom. The number of carbonyl (C=O) groups is 1. The summed E-state index contributed by atoms with van der Waals surface area (Å²) in [5.74, 6) is 0.228. The third-order valence-electron chi connectivity index (χ3n) is 2.36. The van der Waals surface area contributed by atoms with E-state index in [2.05, 4.69) is 11.8 Å². The van der Waals surface area contributed by atoms with E-state index >= 15 is 0 Å². The van der Waals surface area contributed by atoms with Crippen LogP contribution < -0.4 is 0 Å². The largest absolute Gasteiger partial charge is 0.469 e. The molecule has 0 saturated heterocycles. The van der Waals surface area contributed by atoms with Gasteiger partial charge in [-0.1, -0.05) is 20.8 Å². The molecule has 0 aromatic rings. The summed E-state index contributed by atoms with van der Waals surface area (Å²) >= 11 is 0. The number of ether oxygens (including phenoxy) is 1. The first kappa shape index (κ1) is 12.4. The topological polar surface area (TPSA) is 29.5 Å². The van der Waals surface area contributed by atoms with Crippen LogP contribution in [0.1, 0.15) is 20.8 Å². The molecule has 0 aromatic carbocycles. The van der Waals surface area contributed by atoms with E-state index in [1.165, 1.54) is 7.11 Å². The molecule has 13 heavy (non-hydrogen) atoms. The smallest absolute Gasteiger partial charge is 0.310 e. The number of carbonyl (C=O) groups excluding carboxylic acids is 1. The molecule has 0 radical (unpaired) electrons. The lowest BCUT2D eigenvalue weighted by Crippen LogP contribution is -2.34. The molecule has 78 valence electrons. The van der Waals surface area contributed by atoms with Gasteiger partial charge in [-0.15, -0.1) is 0 Å². The van der Waals surface area contributed by atoms with Crippen molar-refractivity contribution in [2.75, 3.05) is 27.2 Å². The van der Waals surface area contributed by atoms with Gasteiger partial charge in [0.05, 0.1) is 13.0 Å². The van der Waals surface area contributed by atoms with E-state index in [-0.39, 0.29) is 11.9 Å². The van der Waals surface area contributed by atoms with Gasteiger partial charge in [-0.2, -0.15) is 0 Å². The lowest BCUT2D eigenvalue weighted by Gasteiger charge is -2.23. The predicted molar refractivity (Wildman–Crippen MR) is 53.5 cm³/mol. The van der Waals surface area contributed by atoms with E-state index in [0.717, 1.165) is 13.1 Å². The fourth-order valence-electron chi connectivity index (χ4n) is 1.17. The minimum atomic E-state index is -0.102. The maximum atomic E-state index is 11.4. The Kier molecular flexibility index (Phi) is 5.71. The normalized spacial score (nSPS) is 13.5. The van der Waals surface area contributed by atoms with Crippen molar-refractivity contribution in [1.29, 1.82) is 0 Å². The molecule has 0 rings (SSSR count). The van der Waals surface area contributed by atoms with Gasteiger partial charge in [0.2, 0.25) is 0 Å². The molecule has 0 N–H and O–H groups in total. The van der Waals surface area contributed by atoms with Crippen molar-refractivity contribution < 1.29 is 9.53 Å². The van der Waals surface area contributed by atoms with Gasteiger partial charge < -0.3 is 9.64 Å². The van der Waals surface area contributed by atoms with Crippen LogP contribution in [0.5, 0.6) is 0 Å². The lowest BCUT2D eigenvalue weighted by atomic mass is 9.95. The monoisotopic (exact) mass is 187 g/mol. The molecular weight excluding hydrogens is 166 g/mol. The molecule has 0 aliphatic heterocycles. The van der Waals surface area contributed by atoms with E-state index < -0.39 is 0 Å². The molecule has 0 amide bonds. The second kappa shape index (κ2) is 5.97. The second-order valence-electron chi connectivity index (χ2n) is 3.73. The second-order valence-corrected chi connectivity index (χ2v) is 3.73. The maximum Gasteiger partial charge on any atom is 0.310 e. The number of esters is 1. The Morgan fingerprint density at radius 1 is 1.46 bits per heavy atom. The van der Waals surface area contributed by atoms with Crippen molar-refractivity contribution in [3.8, 4) is 0 Å². The van der Waals surface area contributed by atoms with Crippen LogP contribution in [-0.2, 0) is 9.53 Å². The van der Waals surface area contributed by atoms with E-state index in [1.807, 2.05) is 20.9 Å². The SMILES string of the molecule is CCN(C)CC(C(=O)OC)C(C)C. The highest BCUT2D eigenvalue weighted by Crippen LogP contribution is 2.13. The highest BCUT2D eigenvalue weighted by Gasteiger charge is 2.23. The lowest BCUT2D eigenvalue weighted by molar-refractivity contribution is -0.147. The van der Waals surface area contributed by atoms with Crippen molar-refractivity contribution in [1.82, 2.24) is 4.90 Å². The zero-order chi connectivity index (χ0) is 10.4. The van der Waals surface area contributed by atoms with Crippen LogP contribution >= 0.6 is 0 Å². The molecular formula is C10H21NO2. The zero-order valence-electron chi connectivity index (χ0n) is 9.33. The van der Waals surface area contributed by atoms with E-state index in [0.29, 0.717) is 5.92 Å². The molecule has 3 nitrogen and oxygen atoms in total. The van der Waals surface area contributed by atoms with Crippen molar-refractivity contribution in [2.24, 2.45) is 11.8 Å². The van der Waals surface area contributed by atoms with Crippen LogP contribution in [0.3, 0.4) is 0 Å². The van der Waals surface area contributed by atoms with Crippen molar-refractivity contribution in [3.05, 3.63) is 0 Å². The van der Waals surface area contributed by atoms with Gasteiger partial charge in [-0.25, -0.2) is 0 Å². The third kappa shape index (κ3) is 4.27. The summed E-state index contributed by atoms with van der Waals surface area (Å²) in [5, 5.41) is 0.